The summed E-state index contributed by atoms with van der Waals surface area (Å²) >= 11 is 0. The van der Waals surface area contributed by atoms with Crippen LogP contribution in [0.2, 0.25) is 0 Å². The first-order valence-corrected chi connectivity index (χ1v) is 6.11. The normalized spacial score (nSPS) is 26.0. The number of nitroso groups, excluding NO2 is 1. The summed E-state index contributed by atoms with van der Waals surface area (Å²) in [5.41, 5.74) is 4.55. The molecule has 2 heterocycles. The highest BCUT2D eigenvalue weighted by Crippen LogP contribution is 2.38. The minimum Gasteiger partial charge on any atom is -0.497 e. The van der Waals surface area contributed by atoms with Gasteiger partial charge in [-0.2, -0.15) is 0 Å². The van der Waals surface area contributed by atoms with Crippen LogP contribution in [0.5, 0.6) is 0 Å². The van der Waals surface area contributed by atoms with Crippen LogP contribution in [-0.4, -0.2) is 30.4 Å². The Morgan fingerprint density at radius 1 is 1.50 bits per heavy atom. The van der Waals surface area contributed by atoms with Crippen LogP contribution in [0.4, 0.5) is 0 Å². The Morgan fingerprint density at radius 2 is 2.33 bits per heavy atom. The first-order chi connectivity index (χ1) is 8.74. The molecule has 0 N–H and O–H groups in total. The lowest BCUT2D eigenvalue weighted by atomic mass is 9.91. The lowest BCUT2D eigenvalue weighted by molar-refractivity contribution is 0.255. The summed E-state index contributed by atoms with van der Waals surface area (Å²) in [7, 11) is 1.66. The molecular weight excluding hydrogens is 230 g/mol. The van der Waals surface area contributed by atoms with E-state index in [-0.39, 0.29) is 6.04 Å². The lowest BCUT2D eigenvalue weighted by Crippen LogP contribution is -2.40. The fraction of sp³-hybridized carbons (Fsp3) is 0.462. The van der Waals surface area contributed by atoms with E-state index in [0.29, 0.717) is 6.54 Å². The average Bonchev–Trinajstić information content (AvgIpc) is 2.77. The van der Waals surface area contributed by atoms with Gasteiger partial charge in [0.05, 0.1) is 29.8 Å². The molecule has 0 bridgehead atoms. The number of rotatable bonds is 2. The maximum absolute atomic E-state index is 10.7. The topological polar surface area (TPSA) is 54.3 Å². The van der Waals surface area contributed by atoms with Crippen molar-refractivity contribution in [2.45, 2.75) is 25.8 Å². The Hall–Kier alpha value is -1.91. The predicted octanol–water partition coefficient (Wildman–Crippen LogP) is 2.33. The predicted molar refractivity (Wildman–Crippen MR) is 68.8 cm³/mol. The van der Waals surface area contributed by atoms with Gasteiger partial charge in [-0.25, -0.2) is 0 Å². The number of hydrogen-bond acceptors (Lipinski definition) is 4. The second-order valence-electron chi connectivity index (χ2n) is 4.67. The highest BCUT2D eigenvalue weighted by Gasteiger charge is 2.35. The van der Waals surface area contributed by atoms with Crippen LogP contribution in [-0.2, 0) is 4.74 Å². The number of fused-ring (bicyclic) bond motifs is 2. The van der Waals surface area contributed by atoms with Crippen molar-refractivity contribution in [3.05, 3.63) is 39.7 Å². The van der Waals surface area contributed by atoms with Gasteiger partial charge in [-0.3, -0.25) is 10.0 Å². The van der Waals surface area contributed by atoms with Crippen LogP contribution < -0.4 is 0 Å². The van der Waals surface area contributed by atoms with Crippen molar-refractivity contribution >= 4 is 5.71 Å². The zero-order chi connectivity index (χ0) is 12.7. The molecule has 0 radical (unpaired) electrons. The molecule has 0 aromatic heterocycles. The molecule has 3 aliphatic rings. The molecule has 1 saturated heterocycles. The molecule has 5 heteroatoms. The highest BCUT2D eigenvalue weighted by molar-refractivity contribution is 6.09. The van der Waals surface area contributed by atoms with Crippen LogP contribution in [0.15, 0.2) is 45.0 Å². The molecule has 1 unspecified atom stereocenters. The van der Waals surface area contributed by atoms with Gasteiger partial charge in [0.2, 0.25) is 0 Å². The Labute approximate surface area is 105 Å². The quantitative estimate of drug-likeness (QED) is 0.701. The van der Waals surface area contributed by atoms with E-state index in [1.165, 1.54) is 11.1 Å². The third-order valence-corrected chi connectivity index (χ3v) is 3.78. The first kappa shape index (κ1) is 11.2. The van der Waals surface area contributed by atoms with Crippen LogP contribution in [0, 0.1) is 4.91 Å². The maximum Gasteiger partial charge on any atom is 0.117 e. The fourth-order valence-electron chi connectivity index (χ4n) is 2.76. The van der Waals surface area contributed by atoms with Gasteiger partial charge in [-0.15, -0.1) is 4.91 Å². The Morgan fingerprint density at radius 3 is 3.06 bits per heavy atom. The molecule has 1 atom stereocenters. The Kier molecular flexibility index (Phi) is 2.54. The third kappa shape index (κ3) is 1.50. The lowest BCUT2D eigenvalue weighted by Gasteiger charge is -2.29. The van der Waals surface area contributed by atoms with Crippen molar-refractivity contribution in [3.63, 3.8) is 0 Å². The summed E-state index contributed by atoms with van der Waals surface area (Å²) in [5, 5.41) is 4.62. The van der Waals surface area contributed by atoms with Gasteiger partial charge in [-0.1, -0.05) is 0 Å². The van der Waals surface area contributed by atoms with Gasteiger partial charge in [0, 0.05) is 12.6 Å². The molecule has 94 valence electrons. The van der Waals surface area contributed by atoms with E-state index in [4.69, 9.17) is 4.74 Å². The summed E-state index contributed by atoms with van der Waals surface area (Å²) in [6, 6.07) is -0.0313. The van der Waals surface area contributed by atoms with E-state index in [9.17, 15) is 4.91 Å². The van der Waals surface area contributed by atoms with Crippen molar-refractivity contribution in [1.29, 1.82) is 0 Å². The molecule has 3 rings (SSSR count). The van der Waals surface area contributed by atoms with E-state index in [2.05, 4.69) is 16.4 Å². The zero-order valence-corrected chi connectivity index (χ0v) is 10.5. The third-order valence-electron chi connectivity index (χ3n) is 3.78. The van der Waals surface area contributed by atoms with Crippen molar-refractivity contribution in [2.75, 3.05) is 13.7 Å². The molecule has 0 saturated carbocycles. The monoisotopic (exact) mass is 245 g/mol. The van der Waals surface area contributed by atoms with Gasteiger partial charge >= 0.3 is 0 Å². The molecule has 18 heavy (non-hydrogen) atoms. The summed E-state index contributed by atoms with van der Waals surface area (Å²) in [4.78, 5) is 15.4. The van der Waals surface area contributed by atoms with E-state index in [1.807, 2.05) is 13.0 Å². The van der Waals surface area contributed by atoms with Crippen LogP contribution in [0.25, 0.3) is 0 Å². The first-order valence-electron chi connectivity index (χ1n) is 6.11. The molecule has 2 aliphatic heterocycles. The number of ether oxygens (including phenoxy) is 1. The number of allylic oxidation sites excluding steroid dienone is 3. The van der Waals surface area contributed by atoms with Crippen LogP contribution in [0.1, 0.15) is 19.8 Å². The number of aliphatic imine (C=N–C) groups is 1. The number of piperidine rings is 1. The summed E-state index contributed by atoms with van der Waals surface area (Å²) in [6.07, 6.45) is 5.73. The second kappa shape index (κ2) is 4.08. The van der Waals surface area contributed by atoms with Gasteiger partial charge in [0.25, 0.3) is 0 Å². The number of methoxy groups -OCH3 is 1. The highest BCUT2D eigenvalue weighted by atomic mass is 16.5. The molecule has 1 aliphatic carbocycles. The number of hydrogen-bond donors (Lipinski definition) is 0. The van der Waals surface area contributed by atoms with E-state index in [0.717, 1.165) is 30.0 Å². The summed E-state index contributed by atoms with van der Waals surface area (Å²) in [5.74, 6) is 0.857. The van der Waals surface area contributed by atoms with Crippen molar-refractivity contribution in [3.8, 4) is 0 Å². The molecule has 0 amide bonds. The van der Waals surface area contributed by atoms with Gasteiger partial charge in [0.15, 0.2) is 0 Å². The van der Waals surface area contributed by atoms with Crippen molar-refractivity contribution in [2.24, 2.45) is 10.3 Å². The smallest absolute Gasteiger partial charge is 0.117 e. The zero-order valence-electron chi connectivity index (χ0n) is 10.5. The van der Waals surface area contributed by atoms with Crippen molar-refractivity contribution < 1.29 is 4.74 Å². The average molecular weight is 245 g/mol. The second-order valence-corrected chi connectivity index (χ2v) is 4.67. The minimum absolute atomic E-state index is 0.0313. The summed E-state index contributed by atoms with van der Waals surface area (Å²) in [6.45, 7) is 2.65. The van der Waals surface area contributed by atoms with E-state index in [1.54, 1.807) is 12.1 Å². The van der Waals surface area contributed by atoms with Crippen LogP contribution in [0.3, 0.4) is 0 Å². The SMILES string of the molecule is COC1=CCC2=C3CCN(N=O)C(C)C3=NC2=C1. The molecule has 1 fully saturated rings. The van der Waals surface area contributed by atoms with E-state index < -0.39 is 0 Å². The Balaban J connectivity index is 1.99. The molecule has 5 nitrogen and oxygen atoms in total. The minimum atomic E-state index is -0.0313. The van der Waals surface area contributed by atoms with Gasteiger partial charge in [0.1, 0.15) is 5.76 Å². The standard InChI is InChI=1S/C13H15N3O2/c1-8-13-11(5-6-16(8)15-17)10-4-3-9(18-2)7-12(10)14-13/h3,7-8H,4-6H2,1-2H3. The number of nitrogens with zero attached hydrogens (tertiary/aromatic N) is 3. The van der Waals surface area contributed by atoms with Gasteiger partial charge in [-0.05, 0) is 37.0 Å². The van der Waals surface area contributed by atoms with Crippen molar-refractivity contribution in [1.82, 2.24) is 5.01 Å². The van der Waals surface area contributed by atoms with E-state index >= 15 is 0 Å². The van der Waals surface area contributed by atoms with Gasteiger partial charge < -0.3 is 4.74 Å². The molecule has 0 spiro atoms. The fourth-order valence-corrected chi connectivity index (χ4v) is 2.76. The molecule has 0 aromatic rings. The molecular formula is C13H15N3O2. The Bertz CT molecular complexity index is 528. The largest absolute Gasteiger partial charge is 0.497 e. The maximum atomic E-state index is 10.7. The van der Waals surface area contributed by atoms with Crippen LogP contribution >= 0.6 is 0 Å². The summed E-state index contributed by atoms with van der Waals surface area (Å²) < 4.78 is 5.24. The molecule has 0 aromatic carbocycles.